The zero-order chi connectivity index (χ0) is 52.3. The quantitative estimate of drug-likeness (QED) is 0.0321. The van der Waals surface area contributed by atoms with E-state index in [-0.39, 0.29) is 24.9 Å². The summed E-state index contributed by atoms with van der Waals surface area (Å²) in [5.74, 6) is -0.532. The van der Waals surface area contributed by atoms with Gasteiger partial charge in [0.25, 0.3) is 0 Å². The van der Waals surface area contributed by atoms with Crippen LogP contribution in [-0.4, -0.2) is 46.9 Å². The predicted octanol–water partition coefficient (Wildman–Crippen LogP) is 19.2. The molecule has 3 unspecified atom stereocenters. The number of nitrogens with one attached hydrogen (secondary N) is 1. The molecule has 0 bridgehead atoms. The molecule has 3 N–H and O–H groups in total. The van der Waals surface area contributed by atoms with Crippen LogP contribution in [-0.2, 0) is 14.3 Å². The molecule has 6 nitrogen and oxygen atoms in total. The molecule has 72 heavy (non-hydrogen) atoms. The van der Waals surface area contributed by atoms with Gasteiger partial charge in [0.2, 0.25) is 5.91 Å². The van der Waals surface area contributed by atoms with Crippen LogP contribution in [0.4, 0.5) is 0 Å². The number of aliphatic hydroxyl groups excluding tert-OH is 2. The molecule has 3 atom stereocenters. The van der Waals surface area contributed by atoms with Crippen LogP contribution in [0.2, 0.25) is 0 Å². The molecule has 0 aromatic rings. The molecule has 0 aliphatic carbocycles. The van der Waals surface area contributed by atoms with E-state index < -0.39 is 18.2 Å². The maximum absolute atomic E-state index is 13.3. The van der Waals surface area contributed by atoms with Crippen LogP contribution >= 0.6 is 0 Å². The highest BCUT2D eigenvalue weighted by atomic mass is 16.5. The number of hydrogen-bond donors (Lipinski definition) is 3. The molecule has 0 saturated heterocycles. The molecular weight excluding hydrogens is 887 g/mol. The predicted molar refractivity (Wildman–Crippen MR) is 314 cm³/mol. The van der Waals surface area contributed by atoms with E-state index in [4.69, 9.17) is 4.74 Å². The number of carbonyl (C=O) groups is 2. The molecule has 6 heteroatoms. The van der Waals surface area contributed by atoms with Crippen LogP contribution < -0.4 is 5.32 Å². The standard InChI is InChI=1S/C66H115NO5/c1-4-7-10-13-16-19-22-25-28-31-32-35-38-41-44-47-50-53-56-59-66(71)72-62(57-54-51-48-45-42-39-36-33-29-26-23-20-17-14-11-8-5-2)60-65(70)67-63(61-68)64(69)58-55-52-49-46-43-40-37-34-30-27-24-21-18-15-12-9-6-3/h7,10,16-17,19-20,25-26,28-29,32,35-36,39,41,44,62-64,68-69H,4-6,8-9,11-15,18,21-24,27,30-31,33-34,37-38,40,42-43,45-61H2,1-3H3,(H,67,70)/b10-7-,19-16-,20-17-,28-25-,29-26-,35-32-,39-36-,44-41-. The van der Waals surface area contributed by atoms with Crippen molar-refractivity contribution >= 4 is 11.9 Å². The summed E-state index contributed by atoms with van der Waals surface area (Å²) in [6, 6.07) is -0.724. The number of unbranched alkanes of at least 4 members (excludes halogenated alkanes) is 26. The summed E-state index contributed by atoms with van der Waals surface area (Å²) in [6.07, 6.45) is 79.0. The van der Waals surface area contributed by atoms with Crippen molar-refractivity contribution in [3.63, 3.8) is 0 Å². The van der Waals surface area contributed by atoms with Crippen molar-refractivity contribution in [1.29, 1.82) is 0 Å². The minimum absolute atomic E-state index is 0.0447. The van der Waals surface area contributed by atoms with Gasteiger partial charge in [-0.05, 0) is 109 Å². The van der Waals surface area contributed by atoms with E-state index in [1.165, 1.54) is 116 Å². The number of hydrogen-bond acceptors (Lipinski definition) is 5. The Balaban J connectivity index is 4.66. The van der Waals surface area contributed by atoms with E-state index in [9.17, 15) is 19.8 Å². The number of amides is 1. The molecule has 1 amide bonds. The van der Waals surface area contributed by atoms with Gasteiger partial charge in [-0.25, -0.2) is 0 Å². The molecule has 0 spiro atoms. The lowest BCUT2D eigenvalue weighted by Crippen LogP contribution is -2.46. The summed E-state index contributed by atoms with van der Waals surface area (Å²) in [7, 11) is 0. The Hall–Kier alpha value is -3.22. The number of allylic oxidation sites excluding steroid dienone is 16. The molecule has 0 aliphatic rings. The van der Waals surface area contributed by atoms with Crippen molar-refractivity contribution < 1.29 is 24.5 Å². The number of esters is 1. The molecule has 0 fully saturated rings. The van der Waals surface area contributed by atoms with Gasteiger partial charge in [-0.1, -0.05) is 259 Å². The lowest BCUT2D eigenvalue weighted by Gasteiger charge is -2.24. The van der Waals surface area contributed by atoms with Crippen molar-refractivity contribution in [3.05, 3.63) is 97.2 Å². The van der Waals surface area contributed by atoms with Crippen molar-refractivity contribution in [1.82, 2.24) is 5.32 Å². The third kappa shape index (κ3) is 53.1. The monoisotopic (exact) mass is 1000 g/mol. The van der Waals surface area contributed by atoms with Gasteiger partial charge in [0.1, 0.15) is 6.10 Å². The molecule has 0 aromatic carbocycles. The molecule has 0 aromatic heterocycles. The zero-order valence-corrected chi connectivity index (χ0v) is 47.3. The summed E-state index contributed by atoms with van der Waals surface area (Å²) >= 11 is 0. The Morgan fingerprint density at radius 1 is 0.417 bits per heavy atom. The second-order valence-corrected chi connectivity index (χ2v) is 20.4. The van der Waals surface area contributed by atoms with E-state index in [1.54, 1.807) is 0 Å². The fourth-order valence-electron chi connectivity index (χ4n) is 8.82. The van der Waals surface area contributed by atoms with Gasteiger partial charge in [-0.2, -0.15) is 0 Å². The average molecular weight is 1000 g/mol. The SMILES string of the molecule is CC/C=C\C/C=C\C/C=C\C/C=C\C/C=C\CCCCCC(=O)OC(CCCCCC/C=C\C/C=C\C/C=C\CCCCC)CC(=O)NC(CO)C(O)CCCCCCCCCCCCCCCCCCC. The zero-order valence-electron chi connectivity index (χ0n) is 47.3. The first-order chi connectivity index (χ1) is 35.5. The summed E-state index contributed by atoms with van der Waals surface area (Å²) in [5.41, 5.74) is 0. The molecule has 0 aliphatic heterocycles. The van der Waals surface area contributed by atoms with E-state index >= 15 is 0 Å². The Morgan fingerprint density at radius 3 is 1.17 bits per heavy atom. The van der Waals surface area contributed by atoms with Gasteiger partial charge >= 0.3 is 5.97 Å². The second kappa shape index (κ2) is 58.7. The van der Waals surface area contributed by atoms with Crippen LogP contribution in [0.3, 0.4) is 0 Å². The Labute approximate surface area is 446 Å². The lowest BCUT2D eigenvalue weighted by molar-refractivity contribution is -0.151. The van der Waals surface area contributed by atoms with Crippen molar-refractivity contribution in [2.45, 2.75) is 302 Å². The minimum atomic E-state index is -0.807. The highest BCUT2D eigenvalue weighted by molar-refractivity contribution is 5.77. The topological polar surface area (TPSA) is 95.9 Å². The Bertz CT molecular complexity index is 1400. The summed E-state index contributed by atoms with van der Waals surface area (Å²) < 4.78 is 5.95. The Morgan fingerprint density at radius 2 is 0.750 bits per heavy atom. The maximum Gasteiger partial charge on any atom is 0.306 e. The van der Waals surface area contributed by atoms with E-state index in [0.717, 1.165) is 122 Å². The smallest absolute Gasteiger partial charge is 0.306 e. The lowest BCUT2D eigenvalue weighted by atomic mass is 10.0. The normalized spacial score (nSPS) is 13.8. The number of carbonyl (C=O) groups excluding carboxylic acids is 2. The van der Waals surface area contributed by atoms with Crippen molar-refractivity contribution in [2.75, 3.05) is 6.61 Å². The number of aliphatic hydroxyl groups is 2. The van der Waals surface area contributed by atoms with Crippen LogP contribution in [0, 0.1) is 0 Å². The van der Waals surface area contributed by atoms with Crippen molar-refractivity contribution in [2.24, 2.45) is 0 Å². The largest absolute Gasteiger partial charge is 0.462 e. The van der Waals surface area contributed by atoms with E-state index in [1.807, 2.05) is 0 Å². The van der Waals surface area contributed by atoms with Gasteiger partial charge in [-0.3, -0.25) is 9.59 Å². The molecule has 0 saturated carbocycles. The third-order valence-corrected chi connectivity index (χ3v) is 13.4. The molecule has 0 rings (SSSR count). The summed E-state index contributed by atoms with van der Waals surface area (Å²) in [6.45, 7) is 6.35. The summed E-state index contributed by atoms with van der Waals surface area (Å²) in [4.78, 5) is 26.3. The third-order valence-electron chi connectivity index (χ3n) is 13.4. The molecule has 0 heterocycles. The fourth-order valence-corrected chi connectivity index (χ4v) is 8.82. The highest BCUT2D eigenvalue weighted by Crippen LogP contribution is 2.18. The first kappa shape index (κ1) is 68.8. The highest BCUT2D eigenvalue weighted by Gasteiger charge is 2.24. The summed E-state index contributed by atoms with van der Waals surface area (Å²) in [5, 5.41) is 23.9. The average Bonchev–Trinajstić information content (AvgIpc) is 3.37. The molecular formula is C66H115NO5. The first-order valence-electron chi connectivity index (χ1n) is 30.5. The van der Waals surface area contributed by atoms with E-state index in [2.05, 4.69) is 123 Å². The van der Waals surface area contributed by atoms with Gasteiger partial charge in [-0.15, -0.1) is 0 Å². The van der Waals surface area contributed by atoms with Crippen LogP contribution in [0.15, 0.2) is 97.2 Å². The van der Waals surface area contributed by atoms with Gasteiger partial charge in [0.15, 0.2) is 0 Å². The van der Waals surface area contributed by atoms with Gasteiger partial charge in [0.05, 0.1) is 25.2 Å². The molecule has 414 valence electrons. The maximum atomic E-state index is 13.3. The van der Waals surface area contributed by atoms with Crippen molar-refractivity contribution in [3.8, 4) is 0 Å². The van der Waals surface area contributed by atoms with Crippen LogP contribution in [0.25, 0.3) is 0 Å². The van der Waals surface area contributed by atoms with Gasteiger partial charge in [0, 0.05) is 6.42 Å². The minimum Gasteiger partial charge on any atom is -0.462 e. The van der Waals surface area contributed by atoms with Crippen LogP contribution in [0.1, 0.15) is 284 Å². The van der Waals surface area contributed by atoms with Gasteiger partial charge < -0.3 is 20.3 Å². The second-order valence-electron chi connectivity index (χ2n) is 20.4. The van der Waals surface area contributed by atoms with Crippen LogP contribution in [0.5, 0.6) is 0 Å². The fraction of sp³-hybridized carbons (Fsp3) is 0.727. The number of ether oxygens (including phenoxy) is 1. The molecule has 0 radical (unpaired) electrons. The Kier molecular flexibility index (Phi) is 56.0. The number of rotatable bonds is 54. The first-order valence-corrected chi connectivity index (χ1v) is 30.5. The van der Waals surface area contributed by atoms with E-state index in [0.29, 0.717) is 19.3 Å².